The number of carboxylic acid groups (broad SMARTS) is 1. The molecule has 4 nitrogen and oxygen atoms in total. The molecule has 0 amide bonds. The molecule has 2 N–H and O–H groups in total. The Morgan fingerprint density at radius 2 is 2.11 bits per heavy atom. The molecule has 0 saturated heterocycles. The Morgan fingerprint density at radius 1 is 1.28 bits per heavy atom. The average molecular weight is 249 g/mol. The van der Waals surface area contributed by atoms with Crippen LogP contribution in [0.15, 0.2) is 18.2 Å². The van der Waals surface area contributed by atoms with Gasteiger partial charge in [0.15, 0.2) is 0 Å². The fourth-order valence-electron chi connectivity index (χ4n) is 2.39. The number of aromatic carboxylic acids is 1. The third kappa shape index (κ3) is 3.09. The van der Waals surface area contributed by atoms with Crippen LogP contribution in [0.4, 0.5) is 0 Å². The summed E-state index contributed by atoms with van der Waals surface area (Å²) in [6, 6.07) is 5.41. The summed E-state index contributed by atoms with van der Waals surface area (Å²) in [5.74, 6) is -0.866. The first-order valence-corrected chi connectivity index (χ1v) is 6.39. The number of carboxylic acids is 1. The number of aliphatic hydroxyl groups is 1. The summed E-state index contributed by atoms with van der Waals surface area (Å²) in [7, 11) is 0. The van der Waals surface area contributed by atoms with Crippen LogP contribution in [-0.4, -0.2) is 40.8 Å². The minimum Gasteiger partial charge on any atom is -0.478 e. The Kier molecular flexibility index (Phi) is 4.33. The molecule has 0 radical (unpaired) electrons. The van der Waals surface area contributed by atoms with E-state index in [4.69, 9.17) is 10.2 Å². The van der Waals surface area contributed by atoms with E-state index in [2.05, 4.69) is 4.90 Å². The summed E-state index contributed by atoms with van der Waals surface area (Å²) in [5.41, 5.74) is 2.76. The van der Waals surface area contributed by atoms with Crippen LogP contribution in [0.2, 0.25) is 0 Å². The number of fused-ring (bicyclic) bond motifs is 1. The van der Waals surface area contributed by atoms with E-state index in [9.17, 15) is 4.79 Å². The first kappa shape index (κ1) is 13.1. The summed E-state index contributed by atoms with van der Waals surface area (Å²) < 4.78 is 0. The van der Waals surface area contributed by atoms with E-state index in [1.807, 2.05) is 6.07 Å². The molecule has 1 aliphatic rings. The average Bonchev–Trinajstić information content (AvgIpc) is 2.38. The highest BCUT2D eigenvalue weighted by Gasteiger charge is 2.17. The molecule has 0 fully saturated rings. The van der Waals surface area contributed by atoms with Crippen molar-refractivity contribution in [3.63, 3.8) is 0 Å². The van der Waals surface area contributed by atoms with Gasteiger partial charge in [0.1, 0.15) is 0 Å². The summed E-state index contributed by atoms with van der Waals surface area (Å²) in [6.07, 6.45) is 2.80. The molecule has 0 spiro atoms. The number of hydrogen-bond acceptors (Lipinski definition) is 3. The van der Waals surface area contributed by atoms with Crippen LogP contribution in [0, 0.1) is 0 Å². The molecule has 0 aromatic heterocycles. The number of benzene rings is 1. The lowest BCUT2D eigenvalue weighted by molar-refractivity contribution is 0.0696. The number of nitrogens with zero attached hydrogens (tertiary/aromatic N) is 1. The first-order chi connectivity index (χ1) is 8.70. The normalized spacial score (nSPS) is 15.4. The Morgan fingerprint density at radius 3 is 2.83 bits per heavy atom. The second kappa shape index (κ2) is 5.98. The van der Waals surface area contributed by atoms with Crippen molar-refractivity contribution in [1.29, 1.82) is 0 Å². The third-order valence-corrected chi connectivity index (χ3v) is 3.43. The van der Waals surface area contributed by atoms with Gasteiger partial charge in [0, 0.05) is 19.7 Å². The SMILES string of the molecule is O=C(O)c1ccc2c(c1)CN(CCCCO)CC2. The molecule has 1 aliphatic heterocycles. The minimum absolute atomic E-state index is 0.244. The molecule has 1 aromatic rings. The molecule has 0 aliphatic carbocycles. The van der Waals surface area contributed by atoms with Crippen molar-refractivity contribution in [2.75, 3.05) is 19.7 Å². The molecule has 18 heavy (non-hydrogen) atoms. The maximum absolute atomic E-state index is 10.9. The predicted molar refractivity (Wildman–Crippen MR) is 68.7 cm³/mol. The number of unbranched alkanes of at least 4 members (excludes halogenated alkanes) is 1. The van der Waals surface area contributed by atoms with Gasteiger partial charge in [-0.25, -0.2) is 4.79 Å². The van der Waals surface area contributed by atoms with Gasteiger partial charge in [0.05, 0.1) is 5.56 Å². The Hall–Kier alpha value is -1.39. The third-order valence-electron chi connectivity index (χ3n) is 3.43. The van der Waals surface area contributed by atoms with Crippen molar-refractivity contribution >= 4 is 5.97 Å². The molecular weight excluding hydrogens is 230 g/mol. The highest BCUT2D eigenvalue weighted by molar-refractivity contribution is 5.87. The summed E-state index contributed by atoms with van der Waals surface area (Å²) in [4.78, 5) is 13.3. The quantitative estimate of drug-likeness (QED) is 0.777. The van der Waals surface area contributed by atoms with Crippen molar-refractivity contribution in [1.82, 2.24) is 4.90 Å². The van der Waals surface area contributed by atoms with Gasteiger partial charge >= 0.3 is 5.97 Å². The molecule has 4 heteroatoms. The Labute approximate surface area is 107 Å². The number of aliphatic hydroxyl groups excluding tert-OH is 1. The van der Waals surface area contributed by atoms with Gasteiger partial charge in [-0.2, -0.15) is 0 Å². The maximum atomic E-state index is 10.9. The van der Waals surface area contributed by atoms with E-state index in [-0.39, 0.29) is 6.61 Å². The number of carbonyl (C=O) groups is 1. The Bertz CT molecular complexity index is 431. The smallest absolute Gasteiger partial charge is 0.335 e. The highest BCUT2D eigenvalue weighted by atomic mass is 16.4. The van der Waals surface area contributed by atoms with E-state index in [0.717, 1.165) is 44.5 Å². The van der Waals surface area contributed by atoms with Gasteiger partial charge < -0.3 is 10.2 Å². The van der Waals surface area contributed by atoms with Crippen molar-refractivity contribution in [2.24, 2.45) is 0 Å². The molecule has 0 bridgehead atoms. The highest BCUT2D eigenvalue weighted by Crippen LogP contribution is 2.20. The van der Waals surface area contributed by atoms with Crippen molar-refractivity contribution in [2.45, 2.75) is 25.8 Å². The summed E-state index contributed by atoms with van der Waals surface area (Å²) in [6.45, 7) is 3.05. The van der Waals surface area contributed by atoms with E-state index in [1.165, 1.54) is 5.56 Å². The number of hydrogen-bond donors (Lipinski definition) is 2. The monoisotopic (exact) mass is 249 g/mol. The van der Waals surface area contributed by atoms with Crippen molar-refractivity contribution < 1.29 is 15.0 Å². The van der Waals surface area contributed by atoms with E-state index < -0.39 is 5.97 Å². The van der Waals surface area contributed by atoms with Gasteiger partial charge in [-0.1, -0.05) is 6.07 Å². The molecule has 0 atom stereocenters. The van der Waals surface area contributed by atoms with Gasteiger partial charge in [-0.3, -0.25) is 4.90 Å². The molecule has 1 heterocycles. The Balaban J connectivity index is 2.02. The first-order valence-electron chi connectivity index (χ1n) is 6.39. The fourth-order valence-corrected chi connectivity index (χ4v) is 2.39. The van der Waals surface area contributed by atoms with Crippen LogP contribution in [0.3, 0.4) is 0 Å². The second-order valence-corrected chi connectivity index (χ2v) is 4.75. The summed E-state index contributed by atoms with van der Waals surface area (Å²) >= 11 is 0. The topological polar surface area (TPSA) is 60.8 Å². The zero-order valence-corrected chi connectivity index (χ0v) is 10.4. The molecule has 0 saturated carbocycles. The lowest BCUT2D eigenvalue weighted by Crippen LogP contribution is -2.31. The van der Waals surface area contributed by atoms with Gasteiger partial charge in [-0.15, -0.1) is 0 Å². The van der Waals surface area contributed by atoms with Crippen LogP contribution < -0.4 is 0 Å². The van der Waals surface area contributed by atoms with Crippen LogP contribution in [0.25, 0.3) is 0 Å². The van der Waals surface area contributed by atoms with Crippen LogP contribution >= 0.6 is 0 Å². The molecule has 0 unspecified atom stereocenters. The van der Waals surface area contributed by atoms with Gasteiger partial charge in [0.2, 0.25) is 0 Å². The zero-order chi connectivity index (χ0) is 13.0. The van der Waals surface area contributed by atoms with Crippen LogP contribution in [-0.2, 0) is 13.0 Å². The zero-order valence-electron chi connectivity index (χ0n) is 10.4. The summed E-state index contributed by atoms with van der Waals surface area (Å²) in [5, 5.41) is 17.8. The second-order valence-electron chi connectivity index (χ2n) is 4.75. The molecule has 2 rings (SSSR count). The van der Waals surface area contributed by atoms with Crippen molar-refractivity contribution in [3.05, 3.63) is 34.9 Å². The molecule has 1 aromatic carbocycles. The lowest BCUT2D eigenvalue weighted by Gasteiger charge is -2.28. The minimum atomic E-state index is -0.866. The fraction of sp³-hybridized carbons (Fsp3) is 0.500. The van der Waals surface area contributed by atoms with Crippen LogP contribution in [0.1, 0.15) is 34.3 Å². The molecule has 98 valence electrons. The van der Waals surface area contributed by atoms with E-state index in [0.29, 0.717) is 5.56 Å². The van der Waals surface area contributed by atoms with E-state index in [1.54, 1.807) is 12.1 Å². The van der Waals surface area contributed by atoms with E-state index >= 15 is 0 Å². The number of rotatable bonds is 5. The maximum Gasteiger partial charge on any atom is 0.335 e. The van der Waals surface area contributed by atoms with Gasteiger partial charge in [0.25, 0.3) is 0 Å². The largest absolute Gasteiger partial charge is 0.478 e. The molecular formula is C14H19NO3. The standard InChI is InChI=1S/C14H19NO3/c16-8-2-1-6-15-7-5-11-3-4-12(14(17)18)9-13(11)10-15/h3-4,9,16H,1-2,5-8,10H2,(H,17,18). The van der Waals surface area contributed by atoms with Crippen molar-refractivity contribution in [3.8, 4) is 0 Å². The lowest BCUT2D eigenvalue weighted by atomic mass is 9.97. The predicted octanol–water partition coefficient (Wildman–Crippen LogP) is 1.52. The van der Waals surface area contributed by atoms with Crippen LogP contribution in [0.5, 0.6) is 0 Å². The van der Waals surface area contributed by atoms with Gasteiger partial charge in [-0.05, 0) is 49.1 Å².